The molecular weight excluding hydrogens is 861 g/mol. The van der Waals surface area contributed by atoms with E-state index in [9.17, 15) is 9.59 Å². The molecular formula is C65H120O5. The lowest BCUT2D eigenvalue weighted by atomic mass is 10.0. The molecule has 410 valence electrons. The summed E-state index contributed by atoms with van der Waals surface area (Å²) in [4.78, 5) is 25.6. The minimum Gasteiger partial charge on any atom is -0.462 e. The highest BCUT2D eigenvalue weighted by Crippen LogP contribution is 2.17. The van der Waals surface area contributed by atoms with Gasteiger partial charge in [0, 0.05) is 19.4 Å². The normalized spacial score (nSPS) is 12.4. The third kappa shape index (κ3) is 58.4. The topological polar surface area (TPSA) is 61.8 Å². The number of unbranched alkanes of at least 4 members (excludes halogenated alkanes) is 39. The number of carbonyl (C=O) groups excluding carboxylic acids is 2. The number of hydrogen-bond acceptors (Lipinski definition) is 5. The van der Waals surface area contributed by atoms with Gasteiger partial charge >= 0.3 is 11.9 Å². The van der Waals surface area contributed by atoms with Crippen LogP contribution >= 0.6 is 0 Å². The van der Waals surface area contributed by atoms with E-state index in [1.165, 1.54) is 225 Å². The zero-order valence-electron chi connectivity index (χ0n) is 47.3. The number of rotatable bonds is 58. The predicted molar refractivity (Wildman–Crippen MR) is 307 cm³/mol. The van der Waals surface area contributed by atoms with Crippen LogP contribution in [0.5, 0.6) is 0 Å². The molecule has 0 aliphatic rings. The van der Waals surface area contributed by atoms with E-state index < -0.39 is 6.10 Å². The molecule has 70 heavy (non-hydrogen) atoms. The van der Waals surface area contributed by atoms with E-state index in [0.717, 1.165) is 70.6 Å². The Morgan fingerprint density at radius 3 is 0.986 bits per heavy atom. The minimum atomic E-state index is -0.550. The number of allylic oxidation sites excluding steroid dienone is 8. The van der Waals surface area contributed by atoms with Gasteiger partial charge in [0.1, 0.15) is 6.61 Å². The van der Waals surface area contributed by atoms with Gasteiger partial charge in [0.15, 0.2) is 6.10 Å². The summed E-state index contributed by atoms with van der Waals surface area (Å²) in [6, 6.07) is 0. The molecule has 0 N–H and O–H groups in total. The molecule has 0 bridgehead atoms. The highest BCUT2D eigenvalue weighted by atomic mass is 16.6. The quantitative estimate of drug-likeness (QED) is 0.0345. The Morgan fingerprint density at radius 2 is 0.600 bits per heavy atom. The smallest absolute Gasteiger partial charge is 0.306 e. The Kier molecular flexibility index (Phi) is 59.3. The van der Waals surface area contributed by atoms with Crippen LogP contribution < -0.4 is 0 Å². The first kappa shape index (κ1) is 67.9. The largest absolute Gasteiger partial charge is 0.462 e. The van der Waals surface area contributed by atoms with Crippen molar-refractivity contribution < 1.29 is 23.8 Å². The molecule has 5 nitrogen and oxygen atoms in total. The van der Waals surface area contributed by atoms with Gasteiger partial charge in [-0.05, 0) is 64.2 Å². The molecule has 0 unspecified atom stereocenters. The molecule has 0 heterocycles. The second kappa shape index (κ2) is 61.2. The van der Waals surface area contributed by atoms with Crippen LogP contribution in [0.15, 0.2) is 48.6 Å². The van der Waals surface area contributed by atoms with Gasteiger partial charge in [-0.3, -0.25) is 9.59 Å². The molecule has 0 aromatic carbocycles. The number of ether oxygens (including phenoxy) is 3. The second-order valence-electron chi connectivity index (χ2n) is 21.0. The van der Waals surface area contributed by atoms with Crippen LogP contribution in [-0.2, 0) is 23.8 Å². The van der Waals surface area contributed by atoms with Crippen LogP contribution in [0.2, 0.25) is 0 Å². The maximum atomic E-state index is 12.9. The first-order chi connectivity index (χ1) is 34.6. The summed E-state index contributed by atoms with van der Waals surface area (Å²) in [6.45, 7) is 7.84. The molecule has 0 spiro atoms. The van der Waals surface area contributed by atoms with Gasteiger partial charge in [0.25, 0.3) is 0 Å². The molecule has 0 amide bonds. The number of carbonyl (C=O) groups is 2. The lowest BCUT2D eigenvalue weighted by Gasteiger charge is -2.18. The molecule has 0 saturated heterocycles. The van der Waals surface area contributed by atoms with Crippen molar-refractivity contribution in [3.63, 3.8) is 0 Å². The summed E-state index contributed by atoms with van der Waals surface area (Å²) in [5.41, 5.74) is 0. The van der Waals surface area contributed by atoms with Gasteiger partial charge in [-0.25, -0.2) is 0 Å². The first-order valence-electron chi connectivity index (χ1n) is 31.2. The summed E-state index contributed by atoms with van der Waals surface area (Å²) in [5, 5.41) is 0. The van der Waals surface area contributed by atoms with E-state index in [0.29, 0.717) is 19.4 Å². The Morgan fingerprint density at radius 1 is 0.314 bits per heavy atom. The summed E-state index contributed by atoms with van der Waals surface area (Å²) in [5.74, 6) is -0.411. The zero-order chi connectivity index (χ0) is 50.6. The fourth-order valence-corrected chi connectivity index (χ4v) is 9.20. The van der Waals surface area contributed by atoms with Gasteiger partial charge in [0.05, 0.1) is 6.61 Å². The lowest BCUT2D eigenvalue weighted by molar-refractivity contribution is -0.163. The standard InChI is InChI=1S/C65H120O5/c1-4-7-10-13-16-19-22-25-28-31-33-35-37-40-43-46-49-52-55-58-64(66)69-62-63(61-68-60-57-54-51-48-45-42-39-30-27-24-21-18-15-12-9-6-3)70-65(67)59-56-53-50-47-44-41-38-36-34-32-29-26-23-20-17-14-11-8-5-2/h17,20,26,29,34,36,41,44,63H,4-16,18-19,21-25,27-28,30-33,35,37-40,42-43,45-62H2,1-3H3/b20-17-,29-26-,36-34-,44-41-/t63-/m1/s1. The van der Waals surface area contributed by atoms with Crippen LogP contribution in [0.25, 0.3) is 0 Å². The van der Waals surface area contributed by atoms with Crippen LogP contribution in [0.4, 0.5) is 0 Å². The average molecular weight is 982 g/mol. The molecule has 0 radical (unpaired) electrons. The second-order valence-corrected chi connectivity index (χ2v) is 21.0. The van der Waals surface area contributed by atoms with Crippen molar-refractivity contribution in [3.8, 4) is 0 Å². The van der Waals surface area contributed by atoms with E-state index >= 15 is 0 Å². The molecule has 0 aromatic heterocycles. The van der Waals surface area contributed by atoms with Crippen molar-refractivity contribution in [2.75, 3.05) is 19.8 Å². The molecule has 0 saturated carbocycles. The van der Waals surface area contributed by atoms with Crippen LogP contribution in [-0.4, -0.2) is 37.9 Å². The van der Waals surface area contributed by atoms with Crippen LogP contribution in [0.1, 0.15) is 329 Å². The maximum absolute atomic E-state index is 12.9. The van der Waals surface area contributed by atoms with Gasteiger partial charge < -0.3 is 14.2 Å². The average Bonchev–Trinajstić information content (AvgIpc) is 3.36. The monoisotopic (exact) mass is 981 g/mol. The van der Waals surface area contributed by atoms with Crippen molar-refractivity contribution in [1.82, 2.24) is 0 Å². The fourth-order valence-electron chi connectivity index (χ4n) is 9.20. The van der Waals surface area contributed by atoms with E-state index in [4.69, 9.17) is 14.2 Å². The third-order valence-electron chi connectivity index (χ3n) is 13.9. The molecule has 0 aliphatic carbocycles. The fraction of sp³-hybridized carbons (Fsp3) is 0.846. The summed E-state index contributed by atoms with van der Waals surface area (Å²) in [6.07, 6.45) is 77.1. The van der Waals surface area contributed by atoms with E-state index in [2.05, 4.69) is 69.4 Å². The molecule has 5 heteroatoms. The van der Waals surface area contributed by atoms with Gasteiger partial charge in [-0.15, -0.1) is 0 Å². The number of esters is 2. The van der Waals surface area contributed by atoms with Crippen molar-refractivity contribution in [1.29, 1.82) is 0 Å². The molecule has 0 fully saturated rings. The molecule has 1 atom stereocenters. The first-order valence-corrected chi connectivity index (χ1v) is 31.2. The van der Waals surface area contributed by atoms with Crippen molar-refractivity contribution in [2.24, 2.45) is 0 Å². The Balaban J connectivity index is 4.28. The highest BCUT2D eigenvalue weighted by molar-refractivity contribution is 5.70. The van der Waals surface area contributed by atoms with Gasteiger partial charge in [-0.1, -0.05) is 301 Å². The summed E-state index contributed by atoms with van der Waals surface area (Å²) in [7, 11) is 0. The maximum Gasteiger partial charge on any atom is 0.306 e. The Bertz CT molecular complexity index is 1150. The third-order valence-corrected chi connectivity index (χ3v) is 13.9. The lowest BCUT2D eigenvalue weighted by Crippen LogP contribution is -2.30. The highest BCUT2D eigenvalue weighted by Gasteiger charge is 2.17. The van der Waals surface area contributed by atoms with Gasteiger partial charge in [0.2, 0.25) is 0 Å². The zero-order valence-corrected chi connectivity index (χ0v) is 47.3. The summed E-state index contributed by atoms with van der Waals surface area (Å²) < 4.78 is 17.5. The summed E-state index contributed by atoms with van der Waals surface area (Å²) >= 11 is 0. The van der Waals surface area contributed by atoms with Crippen molar-refractivity contribution in [3.05, 3.63) is 48.6 Å². The number of hydrogen-bond donors (Lipinski definition) is 0. The molecule has 0 aliphatic heterocycles. The van der Waals surface area contributed by atoms with Crippen molar-refractivity contribution in [2.45, 2.75) is 335 Å². The van der Waals surface area contributed by atoms with E-state index in [1.807, 2.05) is 0 Å². The molecule has 0 aromatic rings. The Labute approximate surface area is 437 Å². The van der Waals surface area contributed by atoms with E-state index in [1.54, 1.807) is 0 Å². The predicted octanol–water partition coefficient (Wildman–Crippen LogP) is 21.5. The van der Waals surface area contributed by atoms with Crippen LogP contribution in [0.3, 0.4) is 0 Å². The van der Waals surface area contributed by atoms with Crippen LogP contribution in [0, 0.1) is 0 Å². The minimum absolute atomic E-state index is 0.0781. The van der Waals surface area contributed by atoms with Gasteiger partial charge in [-0.2, -0.15) is 0 Å². The van der Waals surface area contributed by atoms with E-state index in [-0.39, 0.29) is 25.2 Å². The SMILES string of the molecule is CCCCC/C=C\C/C=C\C/C=C\C/C=C\CCCCCC(=O)O[C@H](COCCCCCCCCCCCCCCCCCC)COC(=O)CCCCCCCCCCCCCCCCCCCCC. The van der Waals surface area contributed by atoms with Crippen molar-refractivity contribution >= 4 is 11.9 Å². The molecule has 0 rings (SSSR count). The Hall–Kier alpha value is -2.14.